The van der Waals surface area contributed by atoms with Crippen LogP contribution in [0.15, 0.2) is 39.4 Å². The first-order chi connectivity index (χ1) is 14.8. The van der Waals surface area contributed by atoms with E-state index in [2.05, 4.69) is 22.9 Å². The van der Waals surface area contributed by atoms with E-state index in [0.717, 1.165) is 40.4 Å². The number of hydrogen-bond donors (Lipinski definition) is 2. The molecule has 4 rings (SSSR count). The Balaban J connectivity index is 1.54. The Morgan fingerprint density at radius 2 is 2.06 bits per heavy atom. The Kier molecular flexibility index (Phi) is 6.37. The van der Waals surface area contributed by atoms with Gasteiger partial charge in [0.05, 0.1) is 31.2 Å². The van der Waals surface area contributed by atoms with E-state index < -0.39 is 0 Å². The largest absolute Gasteiger partial charge is 0.507 e. The van der Waals surface area contributed by atoms with Crippen molar-refractivity contribution < 1.29 is 24.5 Å². The molecule has 7 heteroatoms. The number of carbonyl (C=O) groups is 2. The summed E-state index contributed by atoms with van der Waals surface area (Å²) in [5.41, 5.74) is 3.84. The molecule has 0 aromatic heterocycles. The van der Waals surface area contributed by atoms with Crippen LogP contribution in [0, 0.1) is 17.8 Å². The molecule has 0 spiro atoms. The van der Waals surface area contributed by atoms with Crippen LogP contribution in [0.1, 0.15) is 38.2 Å². The number of allylic oxidation sites excluding steroid dienone is 1. The molecule has 1 aromatic carbocycles. The number of phenols is 1. The van der Waals surface area contributed by atoms with Crippen molar-refractivity contribution >= 4 is 33.8 Å². The third kappa shape index (κ3) is 3.99. The topological polar surface area (TPSA) is 87.1 Å². The van der Waals surface area contributed by atoms with E-state index in [1.807, 2.05) is 12.1 Å². The molecule has 2 fully saturated rings. The van der Waals surface area contributed by atoms with Gasteiger partial charge in [0, 0.05) is 23.0 Å². The van der Waals surface area contributed by atoms with Crippen molar-refractivity contribution in [1.29, 1.82) is 0 Å². The number of rotatable bonds is 6. The number of aliphatic hydroxyl groups is 1. The molecule has 2 amide bonds. The summed E-state index contributed by atoms with van der Waals surface area (Å²) in [5.74, 6) is -0.903. The zero-order valence-corrected chi connectivity index (χ0v) is 19.4. The number of aromatic hydroxyl groups is 1. The predicted octanol–water partition coefficient (Wildman–Crippen LogP) is 3.67. The summed E-state index contributed by atoms with van der Waals surface area (Å²) in [7, 11) is 1.55. The summed E-state index contributed by atoms with van der Waals surface area (Å²) in [6.45, 7) is 2.39. The van der Waals surface area contributed by atoms with Crippen LogP contribution >= 0.6 is 15.9 Å². The van der Waals surface area contributed by atoms with E-state index in [0.29, 0.717) is 13.0 Å². The van der Waals surface area contributed by atoms with Crippen LogP contribution < -0.4 is 0 Å². The molecule has 3 aliphatic rings. The van der Waals surface area contributed by atoms with Crippen molar-refractivity contribution in [2.75, 3.05) is 20.3 Å². The summed E-state index contributed by atoms with van der Waals surface area (Å²) < 4.78 is 7.02. The number of aliphatic hydroxyl groups excluding tert-OH is 1. The van der Waals surface area contributed by atoms with Gasteiger partial charge in [0.2, 0.25) is 11.8 Å². The monoisotopic (exact) mass is 489 g/mol. The second-order valence-electron chi connectivity index (χ2n) is 8.62. The van der Waals surface area contributed by atoms with E-state index in [-0.39, 0.29) is 48.0 Å². The highest BCUT2D eigenvalue weighted by Crippen LogP contribution is 2.49. The Morgan fingerprint density at radius 1 is 1.29 bits per heavy atom. The highest BCUT2D eigenvalue weighted by molar-refractivity contribution is 9.10. The van der Waals surface area contributed by atoms with Gasteiger partial charge in [-0.05, 0) is 55.0 Å². The Labute approximate surface area is 190 Å². The molecule has 2 saturated heterocycles. The Morgan fingerprint density at radius 3 is 2.77 bits per heavy atom. The molecule has 0 saturated carbocycles. The molecule has 2 heterocycles. The van der Waals surface area contributed by atoms with Gasteiger partial charge in [-0.2, -0.15) is 0 Å². The second kappa shape index (κ2) is 8.88. The molecular formula is C24H28BrNO5. The van der Waals surface area contributed by atoms with Crippen LogP contribution in [0.2, 0.25) is 0 Å². The van der Waals surface area contributed by atoms with Crippen LogP contribution in [-0.4, -0.2) is 53.3 Å². The van der Waals surface area contributed by atoms with Gasteiger partial charge < -0.3 is 14.9 Å². The Bertz CT molecular complexity index is 969. The number of halogens is 1. The normalized spacial score (nSPS) is 28.4. The summed E-state index contributed by atoms with van der Waals surface area (Å²) in [6, 6.07) is 5.36. The number of imide groups is 1. The van der Waals surface area contributed by atoms with E-state index in [4.69, 9.17) is 4.74 Å². The maximum atomic E-state index is 12.7. The number of hydrogen-bond acceptors (Lipinski definition) is 5. The molecule has 166 valence electrons. The molecule has 31 heavy (non-hydrogen) atoms. The van der Waals surface area contributed by atoms with Crippen LogP contribution in [0.5, 0.6) is 5.75 Å². The van der Waals surface area contributed by atoms with Crippen molar-refractivity contribution in [2.45, 2.75) is 38.7 Å². The first-order valence-corrected chi connectivity index (χ1v) is 11.6. The molecule has 0 radical (unpaired) electrons. The average molecular weight is 490 g/mol. The molecular weight excluding hydrogens is 462 g/mol. The number of fused-ring (bicyclic) bond motifs is 3. The lowest BCUT2D eigenvalue weighted by Crippen LogP contribution is -2.34. The van der Waals surface area contributed by atoms with E-state index >= 15 is 0 Å². The van der Waals surface area contributed by atoms with E-state index in [1.165, 1.54) is 10.5 Å². The number of phenolic OH excluding ortho intramolecular Hbond substituents is 1. The van der Waals surface area contributed by atoms with Gasteiger partial charge in [0.1, 0.15) is 5.75 Å². The molecule has 1 aromatic rings. The third-order valence-electron chi connectivity index (χ3n) is 6.95. The minimum absolute atomic E-state index is 0.109. The maximum Gasteiger partial charge on any atom is 0.233 e. The van der Waals surface area contributed by atoms with Gasteiger partial charge in [-0.25, -0.2) is 0 Å². The first-order valence-electron chi connectivity index (χ1n) is 10.8. The van der Waals surface area contributed by atoms with Gasteiger partial charge in [-0.15, -0.1) is 0 Å². The number of benzene rings is 1. The molecule has 2 N–H and O–H groups in total. The van der Waals surface area contributed by atoms with Crippen LogP contribution in [-0.2, 0) is 14.3 Å². The zero-order chi connectivity index (χ0) is 22.3. The van der Waals surface area contributed by atoms with Crippen molar-refractivity contribution in [3.63, 3.8) is 0 Å². The number of ether oxygens (including phenoxy) is 1. The molecule has 1 aliphatic carbocycles. The summed E-state index contributed by atoms with van der Waals surface area (Å²) in [4.78, 5) is 26.4. The Hall–Kier alpha value is -1.96. The minimum Gasteiger partial charge on any atom is -0.507 e. The first kappa shape index (κ1) is 22.2. The van der Waals surface area contributed by atoms with Crippen molar-refractivity contribution in [3.05, 3.63) is 45.0 Å². The summed E-state index contributed by atoms with van der Waals surface area (Å²) in [5, 5.41) is 20.1. The van der Waals surface area contributed by atoms with E-state index in [9.17, 15) is 19.8 Å². The van der Waals surface area contributed by atoms with Crippen molar-refractivity contribution in [1.82, 2.24) is 4.90 Å². The number of carbonyl (C=O) groups excluding carboxylic acids is 2. The van der Waals surface area contributed by atoms with E-state index in [1.54, 1.807) is 19.2 Å². The highest BCUT2D eigenvalue weighted by atomic mass is 79.9. The minimum atomic E-state index is -0.374. The molecule has 0 unspecified atom stereocenters. The fraction of sp³-hybridized carbons (Fsp3) is 0.500. The van der Waals surface area contributed by atoms with Gasteiger partial charge in [-0.3, -0.25) is 14.5 Å². The standard InChI is InChI=1S/C24H28BrNO5/c1-3-13(8-14-9-16(25)5-6-19(14)28)4-7-20-21-15(11-27)10-17-22(18(21)12-31-20)24(30)26(2)23(17)29/h5-6,8-9,17-18,20,22,27-28H,3-4,7,10-12H2,1-2H3/b13-8+/t17-,18+,20-,22-/m1/s1. The number of amides is 2. The summed E-state index contributed by atoms with van der Waals surface area (Å²) >= 11 is 3.44. The molecule has 6 nitrogen and oxygen atoms in total. The second-order valence-corrected chi connectivity index (χ2v) is 9.53. The lowest BCUT2D eigenvalue weighted by atomic mass is 9.69. The van der Waals surface area contributed by atoms with Gasteiger partial charge in [-0.1, -0.05) is 34.5 Å². The quantitative estimate of drug-likeness (QED) is 0.470. The lowest BCUT2D eigenvalue weighted by Gasteiger charge is -2.31. The lowest BCUT2D eigenvalue weighted by molar-refractivity contribution is -0.138. The average Bonchev–Trinajstić information content (AvgIpc) is 3.28. The number of likely N-dealkylation sites (tertiary alicyclic amines) is 1. The smallest absolute Gasteiger partial charge is 0.233 e. The van der Waals surface area contributed by atoms with Crippen molar-refractivity contribution in [2.24, 2.45) is 17.8 Å². The summed E-state index contributed by atoms with van der Waals surface area (Å²) in [6.07, 6.45) is 4.65. The molecule has 0 bridgehead atoms. The van der Waals surface area contributed by atoms with Gasteiger partial charge in [0.25, 0.3) is 0 Å². The zero-order valence-electron chi connectivity index (χ0n) is 17.8. The highest BCUT2D eigenvalue weighted by Gasteiger charge is 2.55. The fourth-order valence-electron chi connectivity index (χ4n) is 5.30. The van der Waals surface area contributed by atoms with Gasteiger partial charge >= 0.3 is 0 Å². The van der Waals surface area contributed by atoms with Crippen LogP contribution in [0.25, 0.3) is 6.08 Å². The number of nitrogens with zero attached hydrogens (tertiary/aromatic N) is 1. The molecule has 2 aliphatic heterocycles. The maximum absolute atomic E-state index is 12.7. The molecule has 4 atom stereocenters. The van der Waals surface area contributed by atoms with Crippen molar-refractivity contribution in [3.8, 4) is 5.75 Å². The predicted molar refractivity (Wildman–Crippen MR) is 120 cm³/mol. The SMILES string of the molecule is CC/C(=C\c1cc(Br)ccc1O)CC[C@H]1OC[C@H]2C1=C(CO)C[C@H]1C(=O)N(C)C(=O)[C@H]12. The fourth-order valence-corrected chi connectivity index (χ4v) is 5.68. The van der Waals surface area contributed by atoms with Crippen LogP contribution in [0.4, 0.5) is 0 Å². The van der Waals surface area contributed by atoms with Crippen LogP contribution in [0.3, 0.4) is 0 Å². The van der Waals surface area contributed by atoms with Gasteiger partial charge in [0.15, 0.2) is 0 Å². The third-order valence-corrected chi connectivity index (χ3v) is 7.44.